The van der Waals surface area contributed by atoms with Gasteiger partial charge in [0.25, 0.3) is 0 Å². The topological polar surface area (TPSA) is 15.3 Å². The Morgan fingerprint density at radius 1 is 1.04 bits per heavy atom. The molecule has 2 fully saturated rings. The molecule has 7 heteroatoms. The average Bonchev–Trinajstić information content (AvgIpc) is 2.58. The summed E-state index contributed by atoms with van der Waals surface area (Å²) in [5.74, 6) is -0.853. The second kappa shape index (κ2) is 8.69. The number of rotatable bonds is 3. The maximum absolute atomic E-state index is 14.8. The van der Waals surface area contributed by atoms with E-state index in [1.807, 2.05) is 0 Å². The normalized spacial score (nSPS) is 21.6. The largest absolute Gasteiger partial charge is 0.419 e. The average molecular weight is 381 g/mol. The third-order valence-corrected chi connectivity index (χ3v) is 5.29. The van der Waals surface area contributed by atoms with E-state index in [1.54, 1.807) is 6.07 Å². The first-order valence-corrected chi connectivity index (χ1v) is 8.79. The molecule has 0 unspecified atom stereocenters. The zero-order chi connectivity index (χ0) is 17.2. The van der Waals surface area contributed by atoms with Crippen molar-refractivity contribution in [3.63, 3.8) is 0 Å². The van der Waals surface area contributed by atoms with Gasteiger partial charge in [-0.25, -0.2) is 4.39 Å². The summed E-state index contributed by atoms with van der Waals surface area (Å²) in [6, 6.07) is 3.48. The highest BCUT2D eigenvalue weighted by atomic mass is 35.5. The summed E-state index contributed by atoms with van der Waals surface area (Å²) in [5.41, 5.74) is -0.922. The van der Waals surface area contributed by atoms with E-state index >= 15 is 0 Å². The highest BCUT2D eigenvalue weighted by molar-refractivity contribution is 5.85. The van der Waals surface area contributed by atoms with Crippen LogP contribution in [0.3, 0.4) is 0 Å². The molecule has 1 N–H and O–H groups in total. The van der Waals surface area contributed by atoms with Gasteiger partial charge >= 0.3 is 6.18 Å². The molecule has 1 aromatic carbocycles. The van der Waals surface area contributed by atoms with Crippen molar-refractivity contribution in [1.29, 1.82) is 0 Å². The molecule has 2 nitrogen and oxygen atoms in total. The van der Waals surface area contributed by atoms with Gasteiger partial charge in [0.15, 0.2) is 0 Å². The lowest BCUT2D eigenvalue weighted by atomic mass is 9.79. The minimum Gasteiger partial charge on any atom is -0.314 e. The number of hydrogen-bond acceptors (Lipinski definition) is 2. The lowest BCUT2D eigenvalue weighted by Gasteiger charge is -2.41. The minimum absolute atomic E-state index is 0. The van der Waals surface area contributed by atoms with E-state index in [9.17, 15) is 17.6 Å². The second-order valence-corrected chi connectivity index (χ2v) is 6.84. The predicted octanol–water partition coefficient (Wildman–Crippen LogP) is 4.79. The van der Waals surface area contributed by atoms with Gasteiger partial charge in [0.1, 0.15) is 5.82 Å². The van der Waals surface area contributed by atoms with E-state index in [-0.39, 0.29) is 29.9 Å². The first kappa shape index (κ1) is 20.5. The second-order valence-electron chi connectivity index (χ2n) is 6.84. The standard InChI is InChI=1S/C18H24F4N2.ClH/c19-16-14(7-4-8-15(16)18(20,21)22)17(13-5-2-1-3-6-13)24-11-9-23-10-12-24;/h4,7-8,13,17,23H,1-3,5-6,9-12H2;1H/t17-;/m0./s1. The number of nitrogens with zero attached hydrogens (tertiary/aromatic N) is 1. The Morgan fingerprint density at radius 2 is 1.68 bits per heavy atom. The van der Waals surface area contributed by atoms with Gasteiger partial charge in [0, 0.05) is 37.8 Å². The monoisotopic (exact) mass is 380 g/mol. The van der Waals surface area contributed by atoms with E-state index in [2.05, 4.69) is 10.2 Å². The predicted molar refractivity (Wildman–Crippen MR) is 92.4 cm³/mol. The van der Waals surface area contributed by atoms with Gasteiger partial charge in [-0.3, -0.25) is 4.90 Å². The molecular weight excluding hydrogens is 356 g/mol. The van der Waals surface area contributed by atoms with Gasteiger partial charge in [-0.2, -0.15) is 13.2 Å². The van der Waals surface area contributed by atoms with Gasteiger partial charge in [-0.1, -0.05) is 31.4 Å². The van der Waals surface area contributed by atoms with Crippen LogP contribution in [-0.4, -0.2) is 31.1 Å². The summed E-state index contributed by atoms with van der Waals surface area (Å²) in [6.45, 7) is 3.08. The van der Waals surface area contributed by atoms with Crippen LogP contribution in [0.2, 0.25) is 0 Å². The molecule has 25 heavy (non-hydrogen) atoms. The fourth-order valence-electron chi connectivity index (χ4n) is 4.16. The number of hydrogen-bond donors (Lipinski definition) is 1. The van der Waals surface area contributed by atoms with Crippen molar-refractivity contribution < 1.29 is 17.6 Å². The van der Waals surface area contributed by atoms with Crippen LogP contribution in [0.15, 0.2) is 18.2 Å². The molecule has 1 saturated carbocycles. The molecule has 0 radical (unpaired) electrons. The Bertz CT molecular complexity index is 534. The molecule has 0 amide bonds. The lowest BCUT2D eigenvalue weighted by molar-refractivity contribution is -0.140. The Morgan fingerprint density at radius 3 is 2.28 bits per heavy atom. The van der Waals surface area contributed by atoms with Crippen LogP contribution in [-0.2, 0) is 6.18 Å². The van der Waals surface area contributed by atoms with Gasteiger partial charge in [-0.05, 0) is 24.8 Å². The van der Waals surface area contributed by atoms with E-state index in [0.717, 1.165) is 64.3 Å². The zero-order valence-corrected chi connectivity index (χ0v) is 14.9. The maximum Gasteiger partial charge on any atom is 0.419 e. The van der Waals surface area contributed by atoms with Crippen molar-refractivity contribution in [2.24, 2.45) is 5.92 Å². The summed E-state index contributed by atoms with van der Waals surface area (Å²) >= 11 is 0. The fourth-order valence-corrected chi connectivity index (χ4v) is 4.16. The molecule has 1 heterocycles. The molecule has 2 aliphatic rings. The first-order chi connectivity index (χ1) is 11.5. The third kappa shape index (κ3) is 4.66. The summed E-state index contributed by atoms with van der Waals surface area (Å²) in [4.78, 5) is 2.17. The van der Waals surface area contributed by atoms with Crippen LogP contribution in [0.4, 0.5) is 17.6 Å². The zero-order valence-electron chi connectivity index (χ0n) is 14.1. The quantitative estimate of drug-likeness (QED) is 0.758. The first-order valence-electron chi connectivity index (χ1n) is 8.79. The van der Waals surface area contributed by atoms with Crippen molar-refractivity contribution in [2.45, 2.75) is 44.3 Å². The van der Waals surface area contributed by atoms with Crippen LogP contribution in [0, 0.1) is 11.7 Å². The smallest absolute Gasteiger partial charge is 0.314 e. The molecule has 3 rings (SSSR count). The van der Waals surface area contributed by atoms with Crippen molar-refractivity contribution in [3.8, 4) is 0 Å². The van der Waals surface area contributed by atoms with E-state index in [1.165, 1.54) is 6.07 Å². The van der Waals surface area contributed by atoms with Crippen LogP contribution in [0.5, 0.6) is 0 Å². The molecule has 1 atom stereocenters. The number of piperazine rings is 1. The summed E-state index contributed by atoms with van der Waals surface area (Å²) < 4.78 is 54.1. The molecule has 0 spiro atoms. The Kier molecular flexibility index (Phi) is 7.11. The number of halogens is 5. The highest BCUT2D eigenvalue weighted by Crippen LogP contribution is 2.42. The van der Waals surface area contributed by atoms with Crippen molar-refractivity contribution in [2.75, 3.05) is 26.2 Å². The molecular formula is C18H25ClF4N2. The Hall–Kier alpha value is -0.850. The molecule has 0 aromatic heterocycles. The maximum atomic E-state index is 14.8. The van der Waals surface area contributed by atoms with E-state index in [0.29, 0.717) is 0 Å². The minimum atomic E-state index is -4.65. The summed E-state index contributed by atoms with van der Waals surface area (Å²) in [5, 5.41) is 3.26. The summed E-state index contributed by atoms with van der Waals surface area (Å²) in [6.07, 6.45) is 0.590. The van der Waals surface area contributed by atoms with Crippen LogP contribution in [0.25, 0.3) is 0 Å². The Balaban J connectivity index is 0.00000225. The van der Waals surface area contributed by atoms with Gasteiger partial charge in [0.05, 0.1) is 5.56 Å². The van der Waals surface area contributed by atoms with Gasteiger partial charge in [0.2, 0.25) is 0 Å². The van der Waals surface area contributed by atoms with Crippen molar-refractivity contribution in [3.05, 3.63) is 35.1 Å². The number of alkyl halides is 3. The van der Waals surface area contributed by atoms with Crippen LogP contribution < -0.4 is 5.32 Å². The number of nitrogens with one attached hydrogen (secondary N) is 1. The van der Waals surface area contributed by atoms with Crippen LogP contribution in [0.1, 0.15) is 49.3 Å². The fraction of sp³-hybridized carbons (Fsp3) is 0.667. The highest BCUT2D eigenvalue weighted by Gasteiger charge is 2.38. The van der Waals surface area contributed by atoms with E-state index in [4.69, 9.17) is 0 Å². The molecule has 1 aromatic rings. The SMILES string of the molecule is Cl.Fc1c([C@H](C2CCCCC2)N2CCNCC2)cccc1C(F)(F)F. The van der Waals surface area contributed by atoms with Crippen molar-refractivity contribution in [1.82, 2.24) is 10.2 Å². The Labute approximate surface area is 152 Å². The third-order valence-electron chi connectivity index (χ3n) is 5.29. The van der Waals surface area contributed by atoms with Crippen LogP contribution >= 0.6 is 12.4 Å². The lowest BCUT2D eigenvalue weighted by Crippen LogP contribution is -2.47. The molecule has 1 saturated heterocycles. The van der Waals surface area contributed by atoms with Crippen molar-refractivity contribution >= 4 is 12.4 Å². The van der Waals surface area contributed by atoms with Gasteiger partial charge < -0.3 is 5.32 Å². The molecule has 1 aliphatic carbocycles. The summed E-state index contributed by atoms with van der Waals surface area (Å²) in [7, 11) is 0. The molecule has 142 valence electrons. The molecule has 1 aliphatic heterocycles. The number of benzene rings is 1. The molecule has 0 bridgehead atoms. The van der Waals surface area contributed by atoms with Gasteiger partial charge in [-0.15, -0.1) is 12.4 Å². The van der Waals surface area contributed by atoms with E-state index < -0.39 is 17.6 Å².